The van der Waals surface area contributed by atoms with Crippen molar-refractivity contribution in [2.24, 2.45) is 0 Å². The smallest absolute Gasteiger partial charge is 0.177 e. The summed E-state index contributed by atoms with van der Waals surface area (Å²) in [6.07, 6.45) is 5.32. The molecule has 7 heteroatoms. The van der Waals surface area contributed by atoms with Crippen LogP contribution in [-0.4, -0.2) is 39.0 Å². The lowest BCUT2D eigenvalue weighted by atomic mass is 10.2. The van der Waals surface area contributed by atoms with Crippen LogP contribution in [0.1, 0.15) is 5.56 Å². The predicted octanol–water partition coefficient (Wildman–Crippen LogP) is 2.89. The third-order valence-corrected chi connectivity index (χ3v) is 4.03. The van der Waals surface area contributed by atoms with E-state index in [0.717, 1.165) is 33.8 Å². The Balaban J connectivity index is 1.75. The van der Waals surface area contributed by atoms with Crippen LogP contribution in [0.25, 0.3) is 22.6 Å². The lowest BCUT2D eigenvalue weighted by Crippen LogP contribution is -2.02. The quantitative estimate of drug-likeness (QED) is 0.607. The first kappa shape index (κ1) is 15.2. The molecule has 0 unspecified atom stereocenters. The molecular formula is C18H17N5O2. The molecule has 25 heavy (non-hydrogen) atoms. The van der Waals surface area contributed by atoms with Crippen LogP contribution < -0.4 is 9.47 Å². The monoisotopic (exact) mass is 335 g/mol. The number of aromatic amines is 1. The van der Waals surface area contributed by atoms with Crippen LogP contribution in [0, 0.1) is 0 Å². The molecule has 0 amide bonds. The second-order valence-corrected chi connectivity index (χ2v) is 5.55. The molecule has 0 aliphatic carbocycles. The van der Waals surface area contributed by atoms with Gasteiger partial charge in [-0.2, -0.15) is 5.10 Å². The standard InChI is InChI=1S/C18H17N5O2/c1-24-13-3-4-16(25-2)14(9-13)17-21-15-10-20-23(18(15)22-17)11-12-5-7-19-8-6-12/h3-10H,11H2,1-2H3,(H,21,22). The highest BCUT2D eigenvalue weighted by atomic mass is 16.5. The first-order chi connectivity index (χ1) is 12.3. The van der Waals surface area contributed by atoms with Crippen molar-refractivity contribution >= 4 is 11.2 Å². The average molecular weight is 335 g/mol. The number of methoxy groups -OCH3 is 2. The molecule has 0 spiro atoms. The molecule has 3 heterocycles. The maximum absolute atomic E-state index is 5.45. The Labute approximate surface area is 144 Å². The molecule has 0 saturated carbocycles. The van der Waals surface area contributed by atoms with Crippen LogP contribution in [0.4, 0.5) is 0 Å². The molecule has 126 valence electrons. The van der Waals surface area contributed by atoms with Crippen molar-refractivity contribution < 1.29 is 9.47 Å². The number of aromatic nitrogens is 5. The summed E-state index contributed by atoms with van der Waals surface area (Å²) in [5, 5.41) is 4.41. The van der Waals surface area contributed by atoms with Crippen LogP contribution in [0.2, 0.25) is 0 Å². The van der Waals surface area contributed by atoms with E-state index in [9.17, 15) is 0 Å². The van der Waals surface area contributed by atoms with Crippen molar-refractivity contribution in [3.63, 3.8) is 0 Å². The van der Waals surface area contributed by atoms with E-state index in [2.05, 4.69) is 15.1 Å². The summed E-state index contributed by atoms with van der Waals surface area (Å²) in [6.45, 7) is 0.631. The second kappa shape index (κ2) is 6.27. The fourth-order valence-electron chi connectivity index (χ4n) is 2.75. The largest absolute Gasteiger partial charge is 0.497 e. The summed E-state index contributed by atoms with van der Waals surface area (Å²) in [7, 11) is 3.27. The molecule has 0 bridgehead atoms. The molecule has 0 saturated heterocycles. The number of nitrogens with zero attached hydrogens (tertiary/aromatic N) is 4. The van der Waals surface area contributed by atoms with E-state index in [0.29, 0.717) is 12.4 Å². The predicted molar refractivity (Wildman–Crippen MR) is 93.8 cm³/mol. The SMILES string of the molecule is COc1ccc(OC)c(-c2nc3c(cnn3Cc3ccncc3)[nH]2)c1. The van der Waals surface area contributed by atoms with Gasteiger partial charge in [0.25, 0.3) is 0 Å². The Hall–Kier alpha value is -3.35. The summed E-state index contributed by atoms with van der Waals surface area (Å²) >= 11 is 0. The molecule has 4 aromatic rings. The number of hydrogen-bond acceptors (Lipinski definition) is 5. The van der Waals surface area contributed by atoms with E-state index in [1.54, 1.807) is 32.8 Å². The van der Waals surface area contributed by atoms with E-state index in [1.807, 2.05) is 35.0 Å². The van der Waals surface area contributed by atoms with Crippen molar-refractivity contribution in [1.82, 2.24) is 24.7 Å². The number of H-pyrrole nitrogens is 1. The fraction of sp³-hybridized carbons (Fsp3) is 0.167. The van der Waals surface area contributed by atoms with Crippen LogP contribution in [0.5, 0.6) is 11.5 Å². The summed E-state index contributed by atoms with van der Waals surface area (Å²) in [5.41, 5.74) is 3.61. The van der Waals surface area contributed by atoms with E-state index < -0.39 is 0 Å². The van der Waals surface area contributed by atoms with Gasteiger partial charge in [0.05, 0.1) is 32.5 Å². The van der Waals surface area contributed by atoms with E-state index >= 15 is 0 Å². The normalized spacial score (nSPS) is 11.0. The molecule has 1 N–H and O–H groups in total. The highest BCUT2D eigenvalue weighted by Gasteiger charge is 2.15. The molecule has 3 aromatic heterocycles. The number of hydrogen-bond donors (Lipinski definition) is 1. The van der Waals surface area contributed by atoms with Crippen LogP contribution in [0.15, 0.2) is 48.9 Å². The minimum absolute atomic E-state index is 0.631. The van der Waals surface area contributed by atoms with Crippen molar-refractivity contribution in [3.05, 3.63) is 54.5 Å². The van der Waals surface area contributed by atoms with Gasteiger partial charge < -0.3 is 14.5 Å². The Bertz CT molecular complexity index is 1010. The zero-order valence-corrected chi connectivity index (χ0v) is 13.9. The molecule has 4 rings (SSSR count). The van der Waals surface area contributed by atoms with Gasteiger partial charge in [-0.1, -0.05) is 0 Å². The molecule has 0 aliphatic heterocycles. The van der Waals surface area contributed by atoms with Crippen molar-refractivity contribution in [3.8, 4) is 22.9 Å². The van der Waals surface area contributed by atoms with Crippen LogP contribution in [0.3, 0.4) is 0 Å². The third kappa shape index (κ3) is 2.80. The number of fused-ring (bicyclic) bond motifs is 1. The third-order valence-electron chi connectivity index (χ3n) is 4.03. The fourth-order valence-corrected chi connectivity index (χ4v) is 2.75. The van der Waals surface area contributed by atoms with E-state index in [-0.39, 0.29) is 0 Å². The Morgan fingerprint density at radius 3 is 2.68 bits per heavy atom. The molecule has 0 aliphatic rings. The Kier molecular flexibility index (Phi) is 3.81. The zero-order valence-electron chi connectivity index (χ0n) is 13.9. The summed E-state index contributed by atoms with van der Waals surface area (Å²) in [6, 6.07) is 9.55. The van der Waals surface area contributed by atoms with E-state index in [1.165, 1.54) is 0 Å². The molecule has 0 atom stereocenters. The highest BCUT2D eigenvalue weighted by molar-refractivity contribution is 5.78. The minimum Gasteiger partial charge on any atom is -0.497 e. The minimum atomic E-state index is 0.631. The molecule has 0 radical (unpaired) electrons. The molecule has 1 aromatic carbocycles. The van der Waals surface area contributed by atoms with Gasteiger partial charge in [-0.05, 0) is 35.9 Å². The topological polar surface area (TPSA) is 77.8 Å². The Morgan fingerprint density at radius 1 is 1.08 bits per heavy atom. The molecular weight excluding hydrogens is 318 g/mol. The van der Waals surface area contributed by atoms with Gasteiger partial charge >= 0.3 is 0 Å². The lowest BCUT2D eigenvalue weighted by molar-refractivity contribution is 0.404. The maximum atomic E-state index is 5.45. The van der Waals surface area contributed by atoms with Gasteiger partial charge in [-0.3, -0.25) is 4.98 Å². The van der Waals surface area contributed by atoms with Gasteiger partial charge in [-0.25, -0.2) is 9.67 Å². The van der Waals surface area contributed by atoms with Gasteiger partial charge in [0, 0.05) is 12.4 Å². The zero-order chi connectivity index (χ0) is 17.2. The van der Waals surface area contributed by atoms with Gasteiger partial charge in [0.2, 0.25) is 0 Å². The maximum Gasteiger partial charge on any atom is 0.177 e. The molecule has 0 fully saturated rings. The highest BCUT2D eigenvalue weighted by Crippen LogP contribution is 2.32. The van der Waals surface area contributed by atoms with Gasteiger partial charge in [0.1, 0.15) is 22.8 Å². The first-order valence-electron chi connectivity index (χ1n) is 7.81. The number of benzene rings is 1. The summed E-state index contributed by atoms with van der Waals surface area (Å²) < 4.78 is 12.6. The van der Waals surface area contributed by atoms with Crippen LogP contribution in [-0.2, 0) is 6.54 Å². The van der Waals surface area contributed by atoms with E-state index in [4.69, 9.17) is 14.5 Å². The number of rotatable bonds is 5. The number of pyridine rings is 1. The second-order valence-electron chi connectivity index (χ2n) is 5.55. The van der Waals surface area contributed by atoms with Gasteiger partial charge in [-0.15, -0.1) is 0 Å². The number of imidazole rings is 1. The van der Waals surface area contributed by atoms with Crippen molar-refractivity contribution in [2.75, 3.05) is 14.2 Å². The Morgan fingerprint density at radius 2 is 1.92 bits per heavy atom. The van der Waals surface area contributed by atoms with Crippen molar-refractivity contribution in [1.29, 1.82) is 0 Å². The summed E-state index contributed by atoms with van der Waals surface area (Å²) in [4.78, 5) is 12.1. The number of ether oxygens (including phenoxy) is 2. The lowest BCUT2D eigenvalue weighted by Gasteiger charge is -2.08. The summed E-state index contributed by atoms with van der Waals surface area (Å²) in [5.74, 6) is 2.19. The number of nitrogens with one attached hydrogen (secondary N) is 1. The molecule has 7 nitrogen and oxygen atoms in total. The van der Waals surface area contributed by atoms with Gasteiger partial charge in [0.15, 0.2) is 5.65 Å². The average Bonchev–Trinajstić information content (AvgIpc) is 3.24. The first-order valence-corrected chi connectivity index (χ1v) is 7.81. The van der Waals surface area contributed by atoms with Crippen LogP contribution >= 0.6 is 0 Å². The van der Waals surface area contributed by atoms with Crippen molar-refractivity contribution in [2.45, 2.75) is 6.54 Å².